The Hall–Kier alpha value is -3.36. The van der Waals surface area contributed by atoms with Crippen LogP contribution in [-0.4, -0.2) is 25.1 Å². The van der Waals surface area contributed by atoms with E-state index >= 15 is 0 Å². The van der Waals surface area contributed by atoms with Gasteiger partial charge in [0.1, 0.15) is 18.2 Å². The van der Waals surface area contributed by atoms with E-state index < -0.39 is 11.9 Å². The number of hydrogen-bond acceptors (Lipinski definition) is 6. The highest BCUT2D eigenvalue weighted by atomic mass is 127. The van der Waals surface area contributed by atoms with Crippen LogP contribution in [0.1, 0.15) is 35.3 Å². The number of benzene rings is 3. The van der Waals surface area contributed by atoms with Crippen molar-refractivity contribution in [1.82, 2.24) is 0 Å². The van der Waals surface area contributed by atoms with Crippen LogP contribution < -0.4 is 14.8 Å². The molecule has 0 fully saturated rings. The molecule has 0 radical (unpaired) electrons. The zero-order valence-electron chi connectivity index (χ0n) is 20.2. The molecule has 0 heterocycles. The van der Waals surface area contributed by atoms with Crippen molar-refractivity contribution in [2.45, 2.75) is 20.5 Å². The maximum Gasteiger partial charge on any atom is 0.338 e. The monoisotopic (exact) mass is 674 g/mol. The second-order valence-corrected chi connectivity index (χ2v) is 9.58. The molecule has 0 saturated heterocycles. The minimum atomic E-state index is -0.575. The summed E-state index contributed by atoms with van der Waals surface area (Å²) in [6, 6.07) is 19.5. The first kappa shape index (κ1) is 28.2. The lowest BCUT2D eigenvalue weighted by atomic mass is 10.1. The number of halogens is 2. The van der Waals surface area contributed by atoms with Crippen LogP contribution in [0.25, 0.3) is 6.08 Å². The molecule has 3 rings (SSSR count). The average Bonchev–Trinajstić information content (AvgIpc) is 2.88. The van der Waals surface area contributed by atoms with E-state index in [1.807, 2.05) is 43.3 Å². The first-order valence-corrected chi connectivity index (χ1v) is 13.3. The Morgan fingerprint density at radius 3 is 2.43 bits per heavy atom. The number of esters is 1. The number of rotatable bonds is 10. The molecule has 190 valence electrons. The van der Waals surface area contributed by atoms with E-state index in [4.69, 9.17) is 14.2 Å². The molecule has 0 aliphatic carbocycles. The van der Waals surface area contributed by atoms with Crippen molar-refractivity contribution in [3.05, 3.63) is 91.0 Å². The summed E-state index contributed by atoms with van der Waals surface area (Å²) in [4.78, 5) is 24.6. The van der Waals surface area contributed by atoms with Crippen LogP contribution >= 0.6 is 38.5 Å². The standard InChI is InChI=1S/C28H24BrIN2O5/c1-3-35-25-15-18(14-24(30)26(25)37-17-20-7-5-6-8-23(20)29)13-21(16-31)27(33)32-22-11-9-19(10-12-22)28(34)36-4-2/h5-15H,3-4,17H2,1-2H3,(H,32,33)/b21-13+. The van der Waals surface area contributed by atoms with Crippen LogP contribution in [0, 0.1) is 14.9 Å². The number of nitriles is 1. The fraction of sp³-hybridized carbons (Fsp3) is 0.179. The van der Waals surface area contributed by atoms with Gasteiger partial charge in [0.2, 0.25) is 0 Å². The maximum absolute atomic E-state index is 12.8. The van der Waals surface area contributed by atoms with Gasteiger partial charge < -0.3 is 19.5 Å². The molecule has 3 aromatic carbocycles. The van der Waals surface area contributed by atoms with Gasteiger partial charge >= 0.3 is 5.97 Å². The van der Waals surface area contributed by atoms with Gasteiger partial charge in [-0.2, -0.15) is 5.26 Å². The van der Waals surface area contributed by atoms with Gasteiger partial charge in [-0.05, 0) is 90.5 Å². The smallest absolute Gasteiger partial charge is 0.338 e. The predicted octanol–water partition coefficient (Wildman–Crippen LogP) is 6.75. The van der Waals surface area contributed by atoms with Crippen LogP contribution in [0.4, 0.5) is 5.69 Å². The zero-order chi connectivity index (χ0) is 26.8. The first-order valence-electron chi connectivity index (χ1n) is 11.4. The van der Waals surface area contributed by atoms with Crippen LogP contribution in [0.2, 0.25) is 0 Å². The number of nitrogens with one attached hydrogen (secondary N) is 1. The SMILES string of the molecule is CCOC(=O)c1ccc(NC(=O)/C(C#N)=C/c2cc(I)c(OCc3ccccc3Br)c(OCC)c2)cc1. The van der Waals surface area contributed by atoms with Crippen molar-refractivity contribution in [3.8, 4) is 17.6 Å². The molecule has 0 saturated carbocycles. The van der Waals surface area contributed by atoms with Crippen molar-refractivity contribution in [2.24, 2.45) is 0 Å². The zero-order valence-corrected chi connectivity index (χ0v) is 24.0. The molecule has 0 aliphatic heterocycles. The molecule has 0 spiro atoms. The van der Waals surface area contributed by atoms with Crippen LogP contribution in [0.5, 0.6) is 11.5 Å². The highest BCUT2D eigenvalue weighted by Gasteiger charge is 2.15. The van der Waals surface area contributed by atoms with Gasteiger partial charge in [0.15, 0.2) is 11.5 Å². The third-order valence-electron chi connectivity index (χ3n) is 4.99. The van der Waals surface area contributed by atoms with E-state index in [0.29, 0.717) is 41.5 Å². The minimum Gasteiger partial charge on any atom is -0.490 e. The fourth-order valence-corrected chi connectivity index (χ4v) is 4.44. The minimum absolute atomic E-state index is 0.0883. The Morgan fingerprint density at radius 2 is 1.78 bits per heavy atom. The van der Waals surface area contributed by atoms with Gasteiger partial charge in [0.05, 0.1) is 22.3 Å². The van der Waals surface area contributed by atoms with E-state index in [1.54, 1.807) is 37.3 Å². The molecule has 1 amide bonds. The van der Waals surface area contributed by atoms with Gasteiger partial charge in [-0.15, -0.1) is 0 Å². The van der Waals surface area contributed by atoms with Crippen molar-refractivity contribution in [1.29, 1.82) is 5.26 Å². The summed E-state index contributed by atoms with van der Waals surface area (Å²) in [5.41, 5.74) is 2.33. The number of anilines is 1. The summed E-state index contributed by atoms with van der Waals surface area (Å²) in [5, 5.41) is 12.3. The van der Waals surface area contributed by atoms with E-state index in [9.17, 15) is 14.9 Å². The molecular formula is C28H24BrIN2O5. The van der Waals surface area contributed by atoms with Crippen molar-refractivity contribution < 1.29 is 23.8 Å². The Bertz CT molecular complexity index is 1350. The Morgan fingerprint density at radius 1 is 1.05 bits per heavy atom. The molecule has 0 aromatic heterocycles. The molecule has 3 aromatic rings. The second kappa shape index (κ2) is 13.8. The number of ether oxygens (including phenoxy) is 3. The topological polar surface area (TPSA) is 97.7 Å². The number of carbonyl (C=O) groups excluding carboxylic acids is 2. The largest absolute Gasteiger partial charge is 0.490 e. The lowest BCUT2D eigenvalue weighted by Gasteiger charge is -2.15. The Kier molecular flexibility index (Phi) is 10.5. The van der Waals surface area contributed by atoms with Crippen molar-refractivity contribution in [2.75, 3.05) is 18.5 Å². The Balaban J connectivity index is 1.80. The number of hydrogen-bond donors (Lipinski definition) is 1. The highest BCUT2D eigenvalue weighted by Crippen LogP contribution is 2.36. The van der Waals surface area contributed by atoms with E-state index in [0.717, 1.165) is 13.6 Å². The lowest BCUT2D eigenvalue weighted by molar-refractivity contribution is -0.112. The van der Waals surface area contributed by atoms with E-state index in [-0.39, 0.29) is 12.2 Å². The van der Waals surface area contributed by atoms with Crippen LogP contribution in [0.15, 0.2) is 70.7 Å². The third-order valence-corrected chi connectivity index (χ3v) is 6.57. The second-order valence-electron chi connectivity index (χ2n) is 7.56. The quantitative estimate of drug-likeness (QED) is 0.111. The van der Waals surface area contributed by atoms with Gasteiger partial charge in [-0.3, -0.25) is 4.79 Å². The average molecular weight is 675 g/mol. The van der Waals surface area contributed by atoms with Crippen LogP contribution in [0.3, 0.4) is 0 Å². The van der Waals surface area contributed by atoms with E-state index in [1.165, 1.54) is 6.08 Å². The molecule has 0 bridgehead atoms. The molecular weight excluding hydrogens is 651 g/mol. The van der Waals surface area contributed by atoms with Crippen molar-refractivity contribution in [3.63, 3.8) is 0 Å². The summed E-state index contributed by atoms with van der Waals surface area (Å²) < 4.78 is 18.6. The maximum atomic E-state index is 12.8. The lowest BCUT2D eigenvalue weighted by Crippen LogP contribution is -2.13. The van der Waals surface area contributed by atoms with E-state index in [2.05, 4.69) is 43.8 Å². The summed E-state index contributed by atoms with van der Waals surface area (Å²) in [7, 11) is 0. The molecule has 37 heavy (non-hydrogen) atoms. The number of nitrogens with zero attached hydrogens (tertiary/aromatic N) is 1. The van der Waals surface area contributed by atoms with Crippen molar-refractivity contribution >= 4 is 62.2 Å². The molecule has 0 aliphatic rings. The molecule has 0 atom stereocenters. The molecule has 9 heteroatoms. The summed E-state index contributed by atoms with van der Waals surface area (Å²) >= 11 is 5.67. The fourth-order valence-electron chi connectivity index (χ4n) is 3.26. The van der Waals surface area contributed by atoms with Gasteiger partial charge in [-0.25, -0.2) is 4.79 Å². The molecule has 1 N–H and O–H groups in total. The summed E-state index contributed by atoms with van der Waals surface area (Å²) in [6.07, 6.45) is 1.49. The Labute approximate surface area is 237 Å². The predicted molar refractivity (Wildman–Crippen MR) is 153 cm³/mol. The summed E-state index contributed by atoms with van der Waals surface area (Å²) in [6.45, 7) is 4.63. The van der Waals surface area contributed by atoms with Gasteiger partial charge in [0, 0.05) is 15.7 Å². The normalized spacial score (nSPS) is 10.8. The van der Waals surface area contributed by atoms with Gasteiger partial charge in [0.25, 0.3) is 5.91 Å². The summed E-state index contributed by atoms with van der Waals surface area (Å²) in [5.74, 6) is 0.0788. The third kappa shape index (κ3) is 7.81. The first-order chi connectivity index (χ1) is 17.9. The van der Waals surface area contributed by atoms with Gasteiger partial charge in [-0.1, -0.05) is 34.1 Å². The number of carbonyl (C=O) groups is 2. The molecule has 7 nitrogen and oxygen atoms in total. The highest BCUT2D eigenvalue weighted by molar-refractivity contribution is 14.1. The number of amides is 1. The molecule has 0 unspecified atom stereocenters. The van der Waals surface area contributed by atoms with Crippen LogP contribution in [-0.2, 0) is 16.1 Å².